The van der Waals surface area contributed by atoms with Gasteiger partial charge in [-0.15, -0.1) is 0 Å². The molecule has 0 atom stereocenters. The Hall–Kier alpha value is -1.32. The Morgan fingerprint density at radius 3 is 2.53 bits per heavy atom. The third-order valence-electron chi connectivity index (χ3n) is 3.07. The Morgan fingerprint density at radius 1 is 1.32 bits per heavy atom. The van der Waals surface area contributed by atoms with Crippen LogP contribution in [0.25, 0.3) is 0 Å². The van der Waals surface area contributed by atoms with E-state index >= 15 is 0 Å². The number of hydrogen-bond donors (Lipinski definition) is 0. The molecule has 5 heteroatoms. The summed E-state index contributed by atoms with van der Waals surface area (Å²) >= 11 is 12.0. The highest BCUT2D eigenvalue weighted by Crippen LogP contribution is 2.23. The van der Waals surface area contributed by atoms with Crippen LogP contribution < -0.4 is 0 Å². The first kappa shape index (κ1) is 14.1. The third-order valence-corrected chi connectivity index (χ3v) is 3.66. The number of halogens is 2. The molecule has 0 saturated heterocycles. The van der Waals surface area contributed by atoms with Gasteiger partial charge in [0.1, 0.15) is 0 Å². The summed E-state index contributed by atoms with van der Waals surface area (Å²) in [5, 5.41) is 5.60. The van der Waals surface area contributed by atoms with Crippen LogP contribution in [-0.4, -0.2) is 15.6 Å². The van der Waals surface area contributed by atoms with Crippen molar-refractivity contribution in [3.8, 4) is 0 Å². The summed E-state index contributed by atoms with van der Waals surface area (Å²) in [5.74, 6) is 0.0310. The molecule has 3 nitrogen and oxygen atoms in total. The van der Waals surface area contributed by atoms with Crippen molar-refractivity contribution in [1.82, 2.24) is 9.78 Å². The Kier molecular flexibility index (Phi) is 3.97. The molecule has 0 N–H and O–H groups in total. The number of carbonyl (C=O) groups excluding carboxylic acids is 1. The van der Waals surface area contributed by atoms with Crippen LogP contribution in [-0.2, 0) is 6.54 Å². The fraction of sp³-hybridized carbons (Fsp3) is 0.286. The number of Topliss-reactive ketones (excluding diaryl/α,β-unsaturated/α-hetero) is 1. The number of carbonyl (C=O) groups is 1. The molecule has 0 aliphatic heterocycles. The normalized spacial score (nSPS) is 10.8. The number of ketones is 1. The minimum Gasteiger partial charge on any atom is -0.294 e. The maximum Gasteiger partial charge on any atom is 0.163 e. The lowest BCUT2D eigenvalue weighted by atomic mass is 10.1. The number of benzene rings is 1. The first-order valence-electron chi connectivity index (χ1n) is 5.89. The zero-order valence-electron chi connectivity index (χ0n) is 11.0. The van der Waals surface area contributed by atoms with Gasteiger partial charge in [0, 0.05) is 15.7 Å². The van der Waals surface area contributed by atoms with Crippen LogP contribution in [0.2, 0.25) is 10.0 Å². The van der Waals surface area contributed by atoms with Crippen LogP contribution in [0.15, 0.2) is 18.2 Å². The molecule has 0 radical (unpaired) electrons. The van der Waals surface area contributed by atoms with Crippen molar-refractivity contribution >= 4 is 29.0 Å². The Balaban J connectivity index is 2.39. The van der Waals surface area contributed by atoms with E-state index in [1.54, 1.807) is 23.7 Å². The summed E-state index contributed by atoms with van der Waals surface area (Å²) in [4.78, 5) is 11.6. The van der Waals surface area contributed by atoms with Crippen LogP contribution in [0.4, 0.5) is 0 Å². The van der Waals surface area contributed by atoms with E-state index in [9.17, 15) is 4.79 Å². The van der Waals surface area contributed by atoms with Gasteiger partial charge in [-0.3, -0.25) is 9.48 Å². The van der Waals surface area contributed by atoms with Crippen molar-refractivity contribution in [3.63, 3.8) is 0 Å². The minimum atomic E-state index is 0.0310. The molecule has 1 heterocycles. The first-order chi connectivity index (χ1) is 8.90. The van der Waals surface area contributed by atoms with Gasteiger partial charge < -0.3 is 0 Å². The highest BCUT2D eigenvalue weighted by atomic mass is 35.5. The number of aromatic nitrogens is 2. The van der Waals surface area contributed by atoms with E-state index in [4.69, 9.17) is 23.2 Å². The molecule has 100 valence electrons. The molecule has 0 aliphatic rings. The average molecular weight is 297 g/mol. The monoisotopic (exact) mass is 296 g/mol. The maximum atomic E-state index is 11.6. The molecule has 0 saturated carbocycles. The smallest absolute Gasteiger partial charge is 0.163 e. The van der Waals surface area contributed by atoms with Crippen LogP contribution in [0, 0.1) is 13.8 Å². The molecule has 2 aromatic rings. The van der Waals surface area contributed by atoms with Gasteiger partial charge in [-0.05, 0) is 38.5 Å². The Morgan fingerprint density at radius 2 is 2.00 bits per heavy atom. The van der Waals surface area contributed by atoms with Gasteiger partial charge in [-0.2, -0.15) is 5.10 Å². The number of aryl methyl sites for hydroxylation is 1. The standard InChI is InChI=1S/C14H14Cl2N2O/c1-8-14(10(3)19)9(2)18(17-8)7-11-4-5-12(15)6-13(11)16/h4-6H,7H2,1-3H3. The summed E-state index contributed by atoms with van der Waals surface area (Å²) < 4.78 is 1.79. The van der Waals surface area contributed by atoms with Crippen molar-refractivity contribution in [2.75, 3.05) is 0 Å². The third kappa shape index (κ3) is 2.82. The second-order valence-electron chi connectivity index (χ2n) is 4.50. The quantitative estimate of drug-likeness (QED) is 0.801. The van der Waals surface area contributed by atoms with Crippen LogP contribution in [0.5, 0.6) is 0 Å². The molecule has 0 fully saturated rings. The summed E-state index contributed by atoms with van der Waals surface area (Å²) in [6.07, 6.45) is 0. The molecular formula is C14H14Cl2N2O. The van der Waals surface area contributed by atoms with E-state index in [1.807, 2.05) is 19.9 Å². The lowest BCUT2D eigenvalue weighted by Gasteiger charge is -2.07. The van der Waals surface area contributed by atoms with Gasteiger partial charge >= 0.3 is 0 Å². The summed E-state index contributed by atoms with van der Waals surface area (Å²) in [5.41, 5.74) is 3.21. The zero-order chi connectivity index (χ0) is 14.2. The van der Waals surface area contributed by atoms with Gasteiger partial charge in [0.05, 0.1) is 17.8 Å². The molecule has 1 aromatic carbocycles. The predicted molar refractivity (Wildman–Crippen MR) is 77.3 cm³/mol. The Labute approximate surface area is 122 Å². The number of rotatable bonds is 3. The van der Waals surface area contributed by atoms with Gasteiger partial charge in [-0.1, -0.05) is 29.3 Å². The molecule has 0 aliphatic carbocycles. The summed E-state index contributed by atoms with van der Waals surface area (Å²) in [6.45, 7) is 5.80. The molecule has 2 rings (SSSR count). The fourth-order valence-corrected chi connectivity index (χ4v) is 2.64. The van der Waals surface area contributed by atoms with Crippen LogP contribution >= 0.6 is 23.2 Å². The topological polar surface area (TPSA) is 34.9 Å². The Bertz CT molecular complexity index is 647. The average Bonchev–Trinajstić information content (AvgIpc) is 2.58. The summed E-state index contributed by atoms with van der Waals surface area (Å²) in [7, 11) is 0. The zero-order valence-corrected chi connectivity index (χ0v) is 12.5. The SMILES string of the molecule is CC(=O)c1c(C)nn(Cc2ccc(Cl)cc2Cl)c1C. The van der Waals surface area contributed by atoms with Crippen molar-refractivity contribution in [2.24, 2.45) is 0 Å². The highest BCUT2D eigenvalue weighted by molar-refractivity contribution is 6.35. The van der Waals surface area contributed by atoms with Gasteiger partial charge in [0.15, 0.2) is 5.78 Å². The van der Waals surface area contributed by atoms with Gasteiger partial charge in [-0.25, -0.2) is 0 Å². The van der Waals surface area contributed by atoms with Crippen molar-refractivity contribution in [3.05, 3.63) is 50.8 Å². The van der Waals surface area contributed by atoms with E-state index in [-0.39, 0.29) is 5.78 Å². The predicted octanol–water partition coefficient (Wildman–Crippen LogP) is 4.06. The lowest BCUT2D eigenvalue weighted by Crippen LogP contribution is -2.05. The second kappa shape index (κ2) is 5.35. The molecule has 1 aromatic heterocycles. The van der Waals surface area contributed by atoms with E-state index < -0.39 is 0 Å². The van der Waals surface area contributed by atoms with E-state index in [2.05, 4.69) is 5.10 Å². The van der Waals surface area contributed by atoms with Gasteiger partial charge in [0.25, 0.3) is 0 Å². The molecule has 0 amide bonds. The molecule has 19 heavy (non-hydrogen) atoms. The lowest BCUT2D eigenvalue weighted by molar-refractivity contribution is 0.101. The molecular weight excluding hydrogens is 283 g/mol. The largest absolute Gasteiger partial charge is 0.294 e. The van der Waals surface area contributed by atoms with E-state index in [0.717, 1.165) is 17.0 Å². The molecule has 0 unspecified atom stereocenters. The van der Waals surface area contributed by atoms with E-state index in [0.29, 0.717) is 22.2 Å². The summed E-state index contributed by atoms with van der Waals surface area (Å²) in [6, 6.07) is 5.37. The van der Waals surface area contributed by atoms with Crippen LogP contribution in [0.1, 0.15) is 34.2 Å². The maximum absolute atomic E-state index is 11.6. The van der Waals surface area contributed by atoms with Gasteiger partial charge in [0.2, 0.25) is 0 Å². The first-order valence-corrected chi connectivity index (χ1v) is 6.64. The molecule has 0 bridgehead atoms. The van der Waals surface area contributed by atoms with Crippen LogP contribution in [0.3, 0.4) is 0 Å². The van der Waals surface area contributed by atoms with Crippen molar-refractivity contribution in [2.45, 2.75) is 27.3 Å². The van der Waals surface area contributed by atoms with E-state index in [1.165, 1.54) is 0 Å². The number of nitrogens with zero attached hydrogens (tertiary/aromatic N) is 2. The minimum absolute atomic E-state index is 0.0310. The fourth-order valence-electron chi connectivity index (χ4n) is 2.17. The molecule has 0 spiro atoms. The second-order valence-corrected chi connectivity index (χ2v) is 5.34. The van der Waals surface area contributed by atoms with Crippen molar-refractivity contribution in [1.29, 1.82) is 0 Å². The number of hydrogen-bond acceptors (Lipinski definition) is 2. The highest BCUT2D eigenvalue weighted by Gasteiger charge is 2.15. The van der Waals surface area contributed by atoms with Crippen molar-refractivity contribution < 1.29 is 4.79 Å².